The van der Waals surface area contributed by atoms with Crippen molar-refractivity contribution in [2.24, 2.45) is 0 Å². The Hall–Kier alpha value is -3.07. The summed E-state index contributed by atoms with van der Waals surface area (Å²) >= 11 is 0. The first-order valence-electron chi connectivity index (χ1n) is 31.9. The second kappa shape index (κ2) is 58.6. The lowest BCUT2D eigenvalue weighted by molar-refractivity contribution is -0.870. The number of carbonyl (C=O) groups excluding carboxylic acids is 2. The second-order valence-electron chi connectivity index (χ2n) is 22.4. The minimum absolute atomic E-state index is 0.0349. The van der Waals surface area contributed by atoms with Gasteiger partial charge >= 0.3 is 11.9 Å². The Morgan fingerprint density at radius 2 is 0.731 bits per heavy atom. The Bertz CT molecular complexity index is 1640. The maximum absolute atomic E-state index is 12.8. The van der Waals surface area contributed by atoms with Gasteiger partial charge in [-0.25, -0.2) is 0 Å². The molecule has 0 radical (unpaired) electrons. The average molecular weight is 1110 g/mol. The molecule has 0 aromatic heterocycles. The van der Waals surface area contributed by atoms with Crippen LogP contribution < -0.4 is 4.89 Å². The normalized spacial score (nSPS) is 13.9. The van der Waals surface area contributed by atoms with Crippen molar-refractivity contribution in [3.05, 3.63) is 97.2 Å². The lowest BCUT2D eigenvalue weighted by Gasteiger charge is -2.28. The third-order valence-electron chi connectivity index (χ3n) is 13.6. The van der Waals surface area contributed by atoms with Crippen LogP contribution in [-0.2, 0) is 32.7 Å². The van der Waals surface area contributed by atoms with E-state index in [0.29, 0.717) is 17.4 Å². The Balaban J connectivity index is 4.12. The topological polar surface area (TPSA) is 111 Å². The van der Waals surface area contributed by atoms with Gasteiger partial charge in [-0.15, -0.1) is 0 Å². The van der Waals surface area contributed by atoms with Crippen LogP contribution in [0.25, 0.3) is 0 Å². The van der Waals surface area contributed by atoms with Gasteiger partial charge < -0.3 is 27.9 Å². The first-order valence-corrected chi connectivity index (χ1v) is 33.4. The number of hydrogen-bond acceptors (Lipinski definition) is 8. The predicted octanol–water partition coefficient (Wildman–Crippen LogP) is 19.7. The zero-order valence-corrected chi connectivity index (χ0v) is 52.0. The van der Waals surface area contributed by atoms with E-state index in [1.165, 1.54) is 148 Å². The average Bonchev–Trinajstić information content (AvgIpc) is 3.41. The van der Waals surface area contributed by atoms with Crippen LogP contribution >= 0.6 is 7.82 Å². The summed E-state index contributed by atoms with van der Waals surface area (Å²) < 4.78 is 34.2. The molecule has 2 atom stereocenters. The van der Waals surface area contributed by atoms with Gasteiger partial charge in [0.25, 0.3) is 7.82 Å². The van der Waals surface area contributed by atoms with Crippen molar-refractivity contribution in [3.63, 3.8) is 0 Å². The van der Waals surface area contributed by atoms with Crippen LogP contribution in [0.2, 0.25) is 0 Å². The number of ether oxygens (including phenoxy) is 2. The van der Waals surface area contributed by atoms with Gasteiger partial charge in [0.1, 0.15) is 19.8 Å². The number of phosphoric ester groups is 1. The van der Waals surface area contributed by atoms with E-state index in [9.17, 15) is 19.0 Å². The molecule has 0 aliphatic carbocycles. The fourth-order valence-corrected chi connectivity index (χ4v) is 9.42. The molecule has 2 unspecified atom stereocenters. The molecule has 450 valence electrons. The van der Waals surface area contributed by atoms with Crippen LogP contribution in [0.1, 0.15) is 271 Å². The third-order valence-corrected chi connectivity index (χ3v) is 14.6. The fraction of sp³-hybridized carbons (Fsp3) is 0.735. The van der Waals surface area contributed by atoms with E-state index in [1.54, 1.807) is 0 Å². The highest BCUT2D eigenvalue weighted by atomic mass is 31.2. The smallest absolute Gasteiger partial charge is 0.306 e. The van der Waals surface area contributed by atoms with E-state index in [0.717, 1.165) is 89.9 Å². The first kappa shape index (κ1) is 74.9. The number of phosphoric acid groups is 1. The minimum Gasteiger partial charge on any atom is -0.756 e. The molecular weight excluding hydrogens is 990 g/mol. The van der Waals surface area contributed by atoms with Crippen molar-refractivity contribution < 1.29 is 42.1 Å². The number of hydrogen-bond donors (Lipinski definition) is 0. The molecule has 0 spiro atoms. The van der Waals surface area contributed by atoms with Crippen molar-refractivity contribution in [3.8, 4) is 0 Å². The summed E-state index contributed by atoms with van der Waals surface area (Å²) in [6.07, 6.45) is 80.3. The fourth-order valence-electron chi connectivity index (χ4n) is 8.69. The predicted molar refractivity (Wildman–Crippen MR) is 332 cm³/mol. The molecule has 10 heteroatoms. The molecule has 9 nitrogen and oxygen atoms in total. The zero-order chi connectivity index (χ0) is 57.0. The first-order chi connectivity index (χ1) is 38.0. The van der Waals surface area contributed by atoms with Gasteiger partial charge in [-0.1, -0.05) is 259 Å². The molecule has 0 bridgehead atoms. The van der Waals surface area contributed by atoms with Gasteiger partial charge in [0.15, 0.2) is 6.10 Å². The van der Waals surface area contributed by atoms with Crippen molar-refractivity contribution >= 4 is 19.8 Å². The van der Waals surface area contributed by atoms with Crippen LogP contribution in [0.15, 0.2) is 97.2 Å². The third kappa shape index (κ3) is 62.1. The maximum Gasteiger partial charge on any atom is 0.306 e. The molecule has 0 aromatic rings. The zero-order valence-electron chi connectivity index (χ0n) is 51.1. The quantitative estimate of drug-likeness (QED) is 0.0195. The van der Waals surface area contributed by atoms with Crippen LogP contribution in [0.5, 0.6) is 0 Å². The van der Waals surface area contributed by atoms with Gasteiger partial charge in [-0.2, -0.15) is 0 Å². The number of rotatable bonds is 58. The number of allylic oxidation sites excluding steroid dienone is 16. The van der Waals surface area contributed by atoms with Gasteiger partial charge in [0, 0.05) is 12.8 Å². The lowest BCUT2D eigenvalue weighted by Crippen LogP contribution is -2.37. The summed E-state index contributed by atoms with van der Waals surface area (Å²) in [6, 6.07) is 0. The van der Waals surface area contributed by atoms with E-state index in [2.05, 4.69) is 111 Å². The van der Waals surface area contributed by atoms with Crippen molar-refractivity contribution in [2.45, 2.75) is 277 Å². The summed E-state index contributed by atoms with van der Waals surface area (Å²) in [5.74, 6) is -0.836. The van der Waals surface area contributed by atoms with Crippen LogP contribution in [-0.4, -0.2) is 70.0 Å². The number of unbranched alkanes of at least 4 members (excludes halogenated alkanes) is 28. The minimum atomic E-state index is -4.64. The van der Waals surface area contributed by atoms with Crippen molar-refractivity contribution in [1.29, 1.82) is 0 Å². The Labute approximate surface area is 481 Å². The van der Waals surface area contributed by atoms with E-state index in [-0.39, 0.29) is 32.0 Å². The SMILES string of the molecule is CC/C=C\C/C=C\C/C=C\C/C=C\C/C=C\C/C=C\C/C=C\CCCCCCCCCCCCCC(=O)OC(COC(=O)CCCCCCCCCCC/C=C\CCCCCCCCCC)COP(=O)([O-])OCC[N+](C)(C)C. The summed E-state index contributed by atoms with van der Waals surface area (Å²) in [5, 5.41) is 0. The van der Waals surface area contributed by atoms with Crippen molar-refractivity contribution in [1.82, 2.24) is 0 Å². The van der Waals surface area contributed by atoms with E-state index >= 15 is 0 Å². The molecule has 0 aliphatic rings. The Kier molecular flexibility index (Phi) is 56.3. The summed E-state index contributed by atoms with van der Waals surface area (Å²) in [7, 11) is 1.16. The highest BCUT2D eigenvalue weighted by Gasteiger charge is 2.22. The summed E-state index contributed by atoms with van der Waals surface area (Å²) in [4.78, 5) is 38.0. The highest BCUT2D eigenvalue weighted by Crippen LogP contribution is 2.38. The van der Waals surface area contributed by atoms with Gasteiger partial charge in [-0.3, -0.25) is 14.2 Å². The molecule has 78 heavy (non-hydrogen) atoms. The van der Waals surface area contributed by atoms with E-state index in [1.807, 2.05) is 21.1 Å². The van der Waals surface area contributed by atoms with Gasteiger partial charge in [0.05, 0.1) is 27.7 Å². The largest absolute Gasteiger partial charge is 0.756 e. The van der Waals surface area contributed by atoms with Crippen LogP contribution in [0.3, 0.4) is 0 Å². The number of likely N-dealkylation sites (N-methyl/N-ethyl adjacent to an activating group) is 1. The van der Waals surface area contributed by atoms with E-state index < -0.39 is 26.5 Å². The molecule has 0 fully saturated rings. The molecule has 0 saturated heterocycles. The summed E-state index contributed by atoms with van der Waals surface area (Å²) in [5.41, 5.74) is 0. The molecule has 0 aliphatic heterocycles. The molecular formula is C68H120NO8P. The van der Waals surface area contributed by atoms with E-state index in [4.69, 9.17) is 18.5 Å². The number of esters is 2. The molecule has 0 rings (SSSR count). The second-order valence-corrected chi connectivity index (χ2v) is 23.8. The lowest BCUT2D eigenvalue weighted by atomic mass is 10.0. The molecule has 0 heterocycles. The molecule has 0 aromatic carbocycles. The van der Waals surface area contributed by atoms with Crippen LogP contribution in [0.4, 0.5) is 0 Å². The Morgan fingerprint density at radius 1 is 0.410 bits per heavy atom. The Morgan fingerprint density at radius 3 is 1.10 bits per heavy atom. The summed E-state index contributed by atoms with van der Waals surface area (Å²) in [6.45, 7) is 4.14. The number of carbonyl (C=O) groups is 2. The van der Waals surface area contributed by atoms with Crippen LogP contribution in [0, 0.1) is 0 Å². The molecule has 0 saturated carbocycles. The van der Waals surface area contributed by atoms with Crippen molar-refractivity contribution in [2.75, 3.05) is 47.5 Å². The van der Waals surface area contributed by atoms with Gasteiger partial charge in [0.2, 0.25) is 0 Å². The standard InChI is InChI=1S/C68H120NO8P/c1-6-8-10-12-14-16-18-20-22-24-26-28-29-30-31-32-33-34-35-36-37-38-39-41-43-45-47-49-51-53-55-57-59-61-68(71)77-66(65-76-78(72,73)75-63-62-69(3,4)5)64-74-67(70)60-58-56-54-52-50-48-46-44-42-40-27-25-23-21-19-17-15-13-11-9-7-2/h8,10,14,16,20,22,25-28,30-31,33-34,36-37,66H,6-7,9,11-13,15,17-19,21,23-24,29,32,35,38-65H2,1-5H3/b10-8-,16-14-,22-20-,27-25-,28-26-,31-30-,34-33-,37-36-. The molecule has 0 amide bonds. The van der Waals surface area contributed by atoms with Gasteiger partial charge in [-0.05, 0) is 96.3 Å². The monoisotopic (exact) mass is 1110 g/mol. The highest BCUT2D eigenvalue weighted by molar-refractivity contribution is 7.45. The maximum atomic E-state index is 12.8. The number of quaternary nitrogens is 1. The number of nitrogens with zero attached hydrogens (tertiary/aromatic N) is 1. The molecule has 0 N–H and O–H groups in total.